The lowest BCUT2D eigenvalue weighted by atomic mass is 10.2. The molecule has 0 saturated carbocycles. The van der Waals surface area contributed by atoms with E-state index in [1.165, 1.54) is 0 Å². The molecule has 0 aliphatic rings. The van der Waals surface area contributed by atoms with Crippen molar-refractivity contribution in [1.29, 1.82) is 0 Å². The van der Waals surface area contributed by atoms with Gasteiger partial charge in [-0.2, -0.15) is 0 Å². The van der Waals surface area contributed by atoms with Gasteiger partial charge in [-0.3, -0.25) is 0 Å². The molecule has 0 aliphatic heterocycles. The number of benzene rings is 1. The van der Waals surface area contributed by atoms with E-state index in [0.29, 0.717) is 0 Å². The standard InChI is InChI=1S/C9H8O2/c1-10-8-4-2-3-7-5-6-11-9(7)8/h2-6H,1H3. The normalized spacial score (nSPS) is 10.3. The molecule has 56 valence electrons. The lowest BCUT2D eigenvalue weighted by molar-refractivity contribution is 0.410. The molecule has 0 amide bonds. The van der Waals surface area contributed by atoms with Crippen LogP contribution in [0.2, 0.25) is 0 Å². The quantitative estimate of drug-likeness (QED) is 0.619. The fourth-order valence-electron chi connectivity index (χ4n) is 1.13. The van der Waals surface area contributed by atoms with Crippen LogP contribution in [0.1, 0.15) is 0 Å². The predicted octanol–water partition coefficient (Wildman–Crippen LogP) is 2.44. The molecular formula is C9H8O2. The zero-order chi connectivity index (χ0) is 7.68. The Hall–Kier alpha value is -1.44. The fourth-order valence-corrected chi connectivity index (χ4v) is 1.13. The smallest absolute Gasteiger partial charge is 0.175 e. The first-order valence-corrected chi connectivity index (χ1v) is 3.42. The van der Waals surface area contributed by atoms with Crippen LogP contribution in [0.5, 0.6) is 5.75 Å². The molecule has 1 heterocycles. The van der Waals surface area contributed by atoms with Crippen molar-refractivity contribution in [2.45, 2.75) is 0 Å². The van der Waals surface area contributed by atoms with Crippen molar-refractivity contribution in [3.05, 3.63) is 30.5 Å². The summed E-state index contributed by atoms with van der Waals surface area (Å²) < 4.78 is 10.3. The Morgan fingerprint density at radius 1 is 1.27 bits per heavy atom. The maximum absolute atomic E-state index is 5.21. The molecule has 0 atom stereocenters. The number of methoxy groups -OCH3 is 1. The Morgan fingerprint density at radius 3 is 3.00 bits per heavy atom. The SMILES string of the molecule is COc1cccc2ccoc12. The highest BCUT2D eigenvalue weighted by Gasteiger charge is 2.01. The van der Waals surface area contributed by atoms with E-state index in [2.05, 4.69) is 0 Å². The van der Waals surface area contributed by atoms with Gasteiger partial charge in [0, 0.05) is 5.39 Å². The monoisotopic (exact) mass is 148 g/mol. The van der Waals surface area contributed by atoms with E-state index in [0.717, 1.165) is 16.7 Å². The van der Waals surface area contributed by atoms with Gasteiger partial charge >= 0.3 is 0 Å². The number of rotatable bonds is 1. The molecule has 2 heteroatoms. The van der Waals surface area contributed by atoms with Gasteiger partial charge in [0.25, 0.3) is 0 Å². The van der Waals surface area contributed by atoms with Crippen molar-refractivity contribution in [1.82, 2.24) is 0 Å². The van der Waals surface area contributed by atoms with Gasteiger partial charge in [0.15, 0.2) is 11.3 Å². The Bertz CT molecular complexity index is 362. The van der Waals surface area contributed by atoms with Gasteiger partial charge in [0.05, 0.1) is 13.4 Å². The van der Waals surface area contributed by atoms with E-state index in [4.69, 9.17) is 9.15 Å². The third-order valence-corrected chi connectivity index (χ3v) is 1.66. The second kappa shape index (κ2) is 2.31. The molecule has 0 N–H and O–H groups in total. The molecule has 2 nitrogen and oxygen atoms in total. The summed E-state index contributed by atoms with van der Waals surface area (Å²) in [5.41, 5.74) is 0.815. The molecule has 11 heavy (non-hydrogen) atoms. The second-order valence-corrected chi connectivity index (χ2v) is 2.30. The van der Waals surface area contributed by atoms with Crippen molar-refractivity contribution in [3.8, 4) is 5.75 Å². The summed E-state index contributed by atoms with van der Waals surface area (Å²) in [7, 11) is 1.64. The van der Waals surface area contributed by atoms with E-state index >= 15 is 0 Å². The Morgan fingerprint density at radius 2 is 2.18 bits per heavy atom. The molecule has 0 fully saturated rings. The molecule has 1 aromatic carbocycles. The highest BCUT2D eigenvalue weighted by Crippen LogP contribution is 2.25. The number of ether oxygens (including phenoxy) is 1. The first-order valence-electron chi connectivity index (χ1n) is 3.42. The zero-order valence-electron chi connectivity index (χ0n) is 6.20. The van der Waals surface area contributed by atoms with E-state index in [1.807, 2.05) is 24.3 Å². The van der Waals surface area contributed by atoms with Crippen molar-refractivity contribution < 1.29 is 9.15 Å². The molecule has 2 rings (SSSR count). The third-order valence-electron chi connectivity index (χ3n) is 1.66. The Kier molecular flexibility index (Phi) is 1.32. The van der Waals surface area contributed by atoms with Gasteiger partial charge < -0.3 is 9.15 Å². The van der Waals surface area contributed by atoms with Gasteiger partial charge in [-0.25, -0.2) is 0 Å². The summed E-state index contributed by atoms with van der Waals surface area (Å²) in [6, 6.07) is 7.72. The van der Waals surface area contributed by atoms with Crippen LogP contribution in [0.3, 0.4) is 0 Å². The lowest BCUT2D eigenvalue weighted by Gasteiger charge is -1.97. The molecule has 0 radical (unpaired) electrons. The van der Waals surface area contributed by atoms with Crippen LogP contribution in [-0.2, 0) is 0 Å². The summed E-state index contributed by atoms with van der Waals surface area (Å²) in [4.78, 5) is 0. The minimum absolute atomic E-state index is 0.785. The van der Waals surface area contributed by atoms with Crippen LogP contribution in [0.4, 0.5) is 0 Å². The highest BCUT2D eigenvalue weighted by atomic mass is 16.5. The number of hydrogen-bond acceptors (Lipinski definition) is 2. The van der Waals surface area contributed by atoms with Gasteiger partial charge in [0.1, 0.15) is 0 Å². The summed E-state index contributed by atoms with van der Waals surface area (Å²) >= 11 is 0. The number of hydrogen-bond donors (Lipinski definition) is 0. The summed E-state index contributed by atoms with van der Waals surface area (Å²) in [5, 5.41) is 1.07. The van der Waals surface area contributed by atoms with Crippen LogP contribution in [0, 0.1) is 0 Å². The summed E-state index contributed by atoms with van der Waals surface area (Å²) in [6.07, 6.45) is 1.66. The second-order valence-electron chi connectivity index (χ2n) is 2.30. The van der Waals surface area contributed by atoms with E-state index in [9.17, 15) is 0 Å². The molecule has 0 unspecified atom stereocenters. The van der Waals surface area contributed by atoms with Crippen molar-refractivity contribution in [3.63, 3.8) is 0 Å². The maximum Gasteiger partial charge on any atom is 0.175 e. The van der Waals surface area contributed by atoms with Crippen molar-refractivity contribution in [2.24, 2.45) is 0 Å². The van der Waals surface area contributed by atoms with Crippen molar-refractivity contribution in [2.75, 3.05) is 7.11 Å². The minimum Gasteiger partial charge on any atom is -0.493 e. The van der Waals surface area contributed by atoms with Crippen LogP contribution < -0.4 is 4.74 Å². The number of furan rings is 1. The predicted molar refractivity (Wildman–Crippen MR) is 42.8 cm³/mol. The van der Waals surface area contributed by atoms with Gasteiger partial charge in [-0.1, -0.05) is 12.1 Å². The molecule has 2 aromatic rings. The zero-order valence-corrected chi connectivity index (χ0v) is 6.20. The summed E-state index contributed by atoms with van der Waals surface area (Å²) in [5.74, 6) is 0.785. The van der Waals surface area contributed by atoms with Gasteiger partial charge in [0.2, 0.25) is 0 Å². The van der Waals surface area contributed by atoms with E-state index < -0.39 is 0 Å². The summed E-state index contributed by atoms with van der Waals surface area (Å²) in [6.45, 7) is 0. The molecule has 1 aromatic heterocycles. The van der Waals surface area contributed by atoms with E-state index in [-0.39, 0.29) is 0 Å². The topological polar surface area (TPSA) is 22.4 Å². The first kappa shape index (κ1) is 6.28. The maximum atomic E-state index is 5.21. The van der Waals surface area contributed by atoms with Crippen molar-refractivity contribution >= 4 is 11.0 Å². The largest absolute Gasteiger partial charge is 0.493 e. The fraction of sp³-hybridized carbons (Fsp3) is 0.111. The minimum atomic E-state index is 0.785. The van der Waals surface area contributed by atoms with Gasteiger partial charge in [-0.15, -0.1) is 0 Å². The molecular weight excluding hydrogens is 140 g/mol. The Balaban J connectivity index is 2.79. The van der Waals surface area contributed by atoms with Crippen LogP contribution in [0.25, 0.3) is 11.0 Å². The molecule has 0 spiro atoms. The number of fused-ring (bicyclic) bond motifs is 1. The average molecular weight is 148 g/mol. The average Bonchev–Trinajstić information content (AvgIpc) is 2.50. The number of para-hydroxylation sites is 1. The molecule has 0 bridgehead atoms. The molecule has 0 saturated heterocycles. The van der Waals surface area contributed by atoms with Crippen LogP contribution >= 0.6 is 0 Å². The molecule has 0 aliphatic carbocycles. The van der Waals surface area contributed by atoms with Gasteiger partial charge in [-0.05, 0) is 12.1 Å². The van der Waals surface area contributed by atoms with Crippen LogP contribution in [0.15, 0.2) is 34.9 Å². The first-order chi connectivity index (χ1) is 5.42. The lowest BCUT2D eigenvalue weighted by Crippen LogP contribution is -1.81. The van der Waals surface area contributed by atoms with E-state index in [1.54, 1.807) is 13.4 Å². The third kappa shape index (κ3) is 0.871. The Labute approximate surface area is 64.4 Å². The van der Waals surface area contributed by atoms with Crippen LogP contribution in [-0.4, -0.2) is 7.11 Å². The highest BCUT2D eigenvalue weighted by molar-refractivity contribution is 5.82.